The van der Waals surface area contributed by atoms with Crippen molar-refractivity contribution in [3.8, 4) is 0 Å². The Morgan fingerprint density at radius 3 is 2.83 bits per heavy atom. The number of amides is 1. The fraction of sp³-hybridized carbons (Fsp3) is 0.500. The highest BCUT2D eigenvalue weighted by Gasteiger charge is 2.32. The van der Waals surface area contributed by atoms with Gasteiger partial charge in [0.2, 0.25) is 5.91 Å². The minimum Gasteiger partial charge on any atom is -0.396 e. The molecule has 0 radical (unpaired) electrons. The van der Waals surface area contributed by atoms with Crippen molar-refractivity contribution in [3.63, 3.8) is 0 Å². The SMILES string of the molecule is O=C(CCCO)N(Cc1cccc(F)c1)C1CC1. The molecule has 0 spiro atoms. The van der Waals surface area contributed by atoms with E-state index in [0.29, 0.717) is 25.4 Å². The number of carbonyl (C=O) groups excluding carboxylic acids is 1. The van der Waals surface area contributed by atoms with Crippen LogP contribution in [0.5, 0.6) is 0 Å². The molecule has 1 aliphatic carbocycles. The van der Waals surface area contributed by atoms with Crippen LogP contribution in [0.1, 0.15) is 31.2 Å². The first-order valence-electron chi connectivity index (χ1n) is 6.35. The van der Waals surface area contributed by atoms with Gasteiger partial charge in [-0.2, -0.15) is 0 Å². The molecule has 1 aromatic carbocycles. The molecule has 0 aromatic heterocycles. The minimum atomic E-state index is -0.272. The lowest BCUT2D eigenvalue weighted by molar-refractivity contribution is -0.132. The summed E-state index contributed by atoms with van der Waals surface area (Å²) in [5.74, 6) is -0.220. The molecule has 0 unspecified atom stereocenters. The van der Waals surface area contributed by atoms with Gasteiger partial charge in [-0.05, 0) is 37.0 Å². The van der Waals surface area contributed by atoms with Gasteiger partial charge < -0.3 is 10.0 Å². The Labute approximate surface area is 106 Å². The molecule has 0 bridgehead atoms. The highest BCUT2D eigenvalue weighted by Crippen LogP contribution is 2.29. The summed E-state index contributed by atoms with van der Waals surface area (Å²) >= 11 is 0. The second kappa shape index (κ2) is 5.96. The quantitative estimate of drug-likeness (QED) is 0.841. The zero-order valence-corrected chi connectivity index (χ0v) is 10.3. The van der Waals surface area contributed by atoms with Crippen molar-refractivity contribution >= 4 is 5.91 Å². The molecule has 0 saturated heterocycles. The molecule has 98 valence electrons. The summed E-state index contributed by atoms with van der Waals surface area (Å²) in [5.41, 5.74) is 0.819. The zero-order chi connectivity index (χ0) is 13.0. The number of hydrogen-bond acceptors (Lipinski definition) is 2. The molecule has 18 heavy (non-hydrogen) atoms. The van der Waals surface area contributed by atoms with Gasteiger partial charge in [-0.15, -0.1) is 0 Å². The van der Waals surface area contributed by atoms with Crippen molar-refractivity contribution in [1.82, 2.24) is 4.90 Å². The van der Waals surface area contributed by atoms with Crippen LogP contribution in [0, 0.1) is 5.82 Å². The number of rotatable bonds is 6. The van der Waals surface area contributed by atoms with E-state index in [2.05, 4.69) is 0 Å². The molecule has 1 aromatic rings. The maximum atomic E-state index is 13.1. The third-order valence-corrected chi connectivity index (χ3v) is 3.10. The fourth-order valence-corrected chi connectivity index (χ4v) is 2.01. The standard InChI is InChI=1S/C14H18FNO2/c15-12-4-1-3-11(9-12)10-16(13-6-7-13)14(18)5-2-8-17/h1,3-4,9,13,17H,2,5-8,10H2. The van der Waals surface area contributed by atoms with Gasteiger partial charge in [0.25, 0.3) is 0 Å². The van der Waals surface area contributed by atoms with Gasteiger partial charge in [0.05, 0.1) is 0 Å². The van der Waals surface area contributed by atoms with Crippen LogP contribution in [0.2, 0.25) is 0 Å². The molecule has 1 N–H and O–H groups in total. The Hall–Kier alpha value is -1.42. The monoisotopic (exact) mass is 251 g/mol. The predicted octanol–water partition coefficient (Wildman–Crippen LogP) is 2.09. The van der Waals surface area contributed by atoms with Crippen molar-refractivity contribution in [2.75, 3.05) is 6.61 Å². The van der Waals surface area contributed by atoms with Crippen LogP contribution in [0.3, 0.4) is 0 Å². The van der Waals surface area contributed by atoms with Crippen molar-refractivity contribution in [3.05, 3.63) is 35.6 Å². The summed E-state index contributed by atoms with van der Waals surface area (Å²) in [6.45, 7) is 0.497. The maximum Gasteiger partial charge on any atom is 0.223 e. The summed E-state index contributed by atoms with van der Waals surface area (Å²) < 4.78 is 13.1. The molecule has 0 heterocycles. The Kier molecular flexibility index (Phi) is 4.31. The van der Waals surface area contributed by atoms with Crippen LogP contribution < -0.4 is 0 Å². The second-order valence-electron chi connectivity index (χ2n) is 4.71. The molecule has 1 saturated carbocycles. The highest BCUT2D eigenvalue weighted by molar-refractivity contribution is 5.76. The molecule has 1 amide bonds. The number of carbonyl (C=O) groups is 1. The molecule has 1 fully saturated rings. The van der Waals surface area contributed by atoms with Crippen LogP contribution >= 0.6 is 0 Å². The molecule has 0 atom stereocenters. The smallest absolute Gasteiger partial charge is 0.223 e. The molecule has 1 aliphatic rings. The van der Waals surface area contributed by atoms with Crippen molar-refractivity contribution in [1.29, 1.82) is 0 Å². The van der Waals surface area contributed by atoms with E-state index in [1.165, 1.54) is 12.1 Å². The third-order valence-electron chi connectivity index (χ3n) is 3.10. The van der Waals surface area contributed by atoms with Crippen LogP contribution in [-0.2, 0) is 11.3 Å². The first-order valence-corrected chi connectivity index (χ1v) is 6.35. The number of nitrogens with zero attached hydrogens (tertiary/aromatic N) is 1. The lowest BCUT2D eigenvalue weighted by Gasteiger charge is -2.22. The average molecular weight is 251 g/mol. The summed E-state index contributed by atoms with van der Waals surface area (Å²) in [6, 6.07) is 6.67. The van der Waals surface area contributed by atoms with Gasteiger partial charge in [-0.25, -0.2) is 4.39 Å². The summed E-state index contributed by atoms with van der Waals surface area (Å²) in [7, 11) is 0. The largest absolute Gasteiger partial charge is 0.396 e. The molecular formula is C14H18FNO2. The fourth-order valence-electron chi connectivity index (χ4n) is 2.01. The van der Waals surface area contributed by atoms with Gasteiger partial charge in [0.1, 0.15) is 5.82 Å². The minimum absolute atomic E-state index is 0.0320. The second-order valence-corrected chi connectivity index (χ2v) is 4.71. The molecule has 0 aliphatic heterocycles. The summed E-state index contributed by atoms with van der Waals surface area (Å²) in [4.78, 5) is 13.8. The lowest BCUT2D eigenvalue weighted by Crippen LogP contribution is -2.32. The van der Waals surface area contributed by atoms with Gasteiger partial charge in [0, 0.05) is 25.6 Å². The van der Waals surface area contributed by atoms with Gasteiger partial charge >= 0.3 is 0 Å². The molecule has 2 rings (SSSR count). The molecular weight excluding hydrogens is 233 g/mol. The van der Waals surface area contributed by atoms with E-state index in [9.17, 15) is 9.18 Å². The van der Waals surface area contributed by atoms with E-state index >= 15 is 0 Å². The van der Waals surface area contributed by atoms with E-state index in [-0.39, 0.29) is 18.3 Å². The maximum absolute atomic E-state index is 13.1. The van der Waals surface area contributed by atoms with Crippen molar-refractivity contribution in [2.45, 2.75) is 38.3 Å². The molecule has 3 nitrogen and oxygen atoms in total. The van der Waals surface area contributed by atoms with Gasteiger partial charge in [0.15, 0.2) is 0 Å². The van der Waals surface area contributed by atoms with Crippen LogP contribution in [0.4, 0.5) is 4.39 Å². The van der Waals surface area contributed by atoms with Gasteiger partial charge in [-0.1, -0.05) is 12.1 Å². The normalized spacial score (nSPS) is 14.6. The lowest BCUT2D eigenvalue weighted by atomic mass is 10.2. The average Bonchev–Trinajstić information content (AvgIpc) is 3.17. The number of aliphatic hydroxyl groups is 1. The van der Waals surface area contributed by atoms with E-state index in [1.54, 1.807) is 6.07 Å². The predicted molar refractivity (Wildman–Crippen MR) is 66.3 cm³/mol. The number of hydrogen-bond donors (Lipinski definition) is 1. The van der Waals surface area contributed by atoms with Crippen molar-refractivity contribution in [2.24, 2.45) is 0 Å². The number of aliphatic hydroxyl groups excluding tert-OH is 1. The first kappa shape index (κ1) is 13.0. The Morgan fingerprint density at radius 2 is 2.22 bits per heavy atom. The Balaban J connectivity index is 2.00. The van der Waals surface area contributed by atoms with E-state index in [4.69, 9.17) is 5.11 Å². The van der Waals surface area contributed by atoms with Gasteiger partial charge in [-0.3, -0.25) is 4.79 Å². The number of benzene rings is 1. The highest BCUT2D eigenvalue weighted by atomic mass is 19.1. The summed E-state index contributed by atoms with van der Waals surface area (Å²) in [5, 5.41) is 8.76. The number of halogens is 1. The first-order chi connectivity index (χ1) is 8.70. The summed E-state index contributed by atoms with van der Waals surface area (Å²) in [6.07, 6.45) is 2.91. The third kappa shape index (κ3) is 3.53. The zero-order valence-electron chi connectivity index (χ0n) is 10.3. The van der Waals surface area contributed by atoms with Crippen molar-refractivity contribution < 1.29 is 14.3 Å². The van der Waals surface area contributed by atoms with E-state index in [1.807, 2.05) is 11.0 Å². The van der Waals surface area contributed by atoms with E-state index < -0.39 is 0 Å². The topological polar surface area (TPSA) is 40.5 Å². The Bertz CT molecular complexity index is 418. The Morgan fingerprint density at radius 1 is 1.44 bits per heavy atom. The molecule has 4 heteroatoms. The van der Waals surface area contributed by atoms with E-state index in [0.717, 1.165) is 18.4 Å². The van der Waals surface area contributed by atoms with Crippen LogP contribution in [0.25, 0.3) is 0 Å². The van der Waals surface area contributed by atoms with Crippen LogP contribution in [0.15, 0.2) is 24.3 Å². The van der Waals surface area contributed by atoms with Crippen LogP contribution in [-0.4, -0.2) is 28.6 Å².